The topological polar surface area (TPSA) is 66.9 Å². The monoisotopic (exact) mass is 502 g/mol. The number of thiocarbonyl (C=S) groups is 1. The molecule has 0 spiro atoms. The number of anilines is 1. The number of amides is 2. The van der Waals surface area contributed by atoms with Crippen LogP contribution in [0, 0.1) is 0 Å². The van der Waals surface area contributed by atoms with Gasteiger partial charge in [-0.1, -0.05) is 81.2 Å². The molecule has 0 saturated carbocycles. The number of nitrogens with zero attached hydrogens (tertiary/aromatic N) is 2. The smallest absolute Gasteiger partial charge is 0.305 e. The van der Waals surface area contributed by atoms with Crippen LogP contribution in [0.5, 0.6) is 0 Å². The summed E-state index contributed by atoms with van der Waals surface area (Å²) < 4.78 is 5.43. The molecule has 1 fully saturated rings. The van der Waals surface area contributed by atoms with Crippen molar-refractivity contribution in [1.82, 2.24) is 4.90 Å². The number of rotatable bonds is 13. The molecule has 1 saturated heterocycles. The quantitative estimate of drug-likeness (QED) is 0.149. The molecular weight excluding hydrogens is 468 g/mol. The molecule has 0 aliphatic carbocycles. The Kier molecular flexibility index (Phi) is 10.1. The van der Waals surface area contributed by atoms with E-state index in [1.807, 2.05) is 29.2 Å². The predicted octanol–water partition coefficient (Wildman–Crippen LogP) is 5.70. The van der Waals surface area contributed by atoms with Crippen molar-refractivity contribution in [2.75, 3.05) is 24.6 Å². The summed E-state index contributed by atoms with van der Waals surface area (Å²) in [7, 11) is 0. The molecule has 34 heavy (non-hydrogen) atoms. The molecule has 0 atom stereocenters. The summed E-state index contributed by atoms with van der Waals surface area (Å²) >= 11 is 6.72. The molecule has 3 rings (SSSR count). The number of benzene rings is 1. The summed E-state index contributed by atoms with van der Waals surface area (Å²) in [5.41, 5.74) is 2.17. The van der Waals surface area contributed by atoms with Gasteiger partial charge in [-0.3, -0.25) is 19.3 Å². The Morgan fingerprint density at radius 2 is 1.59 bits per heavy atom. The molecule has 2 aliphatic heterocycles. The minimum absolute atomic E-state index is 0.105. The number of para-hydroxylation sites is 1. The SMILES string of the molecule is CCCCCCCN1C(=O)/C(=C2\SC(=S)N(CCCCCC(=O)OCC)C2=O)c2ccccc21. The number of hydrogen-bond donors (Lipinski definition) is 0. The fourth-order valence-corrected chi connectivity index (χ4v) is 5.67. The summed E-state index contributed by atoms with van der Waals surface area (Å²) in [6, 6.07) is 7.71. The third-order valence-corrected chi connectivity index (χ3v) is 7.50. The van der Waals surface area contributed by atoms with Gasteiger partial charge < -0.3 is 9.64 Å². The van der Waals surface area contributed by atoms with E-state index in [1.165, 1.54) is 31.0 Å². The number of ether oxygens (including phenoxy) is 1. The Bertz CT molecular complexity index is 960. The summed E-state index contributed by atoms with van der Waals surface area (Å²) in [6.45, 7) is 5.52. The molecule has 0 aromatic heterocycles. The lowest BCUT2D eigenvalue weighted by molar-refractivity contribution is -0.143. The van der Waals surface area contributed by atoms with E-state index >= 15 is 0 Å². The number of esters is 1. The minimum Gasteiger partial charge on any atom is -0.466 e. The van der Waals surface area contributed by atoms with Crippen LogP contribution in [0.3, 0.4) is 0 Å². The Labute approximate surface area is 212 Å². The van der Waals surface area contributed by atoms with E-state index in [0.717, 1.165) is 36.9 Å². The number of thioether (sulfide) groups is 1. The second kappa shape index (κ2) is 13.0. The van der Waals surface area contributed by atoms with Crippen molar-refractivity contribution in [2.24, 2.45) is 0 Å². The zero-order valence-corrected chi connectivity index (χ0v) is 21.8. The van der Waals surface area contributed by atoms with Crippen LogP contribution >= 0.6 is 24.0 Å². The van der Waals surface area contributed by atoms with Crippen LogP contribution in [-0.2, 0) is 19.1 Å². The van der Waals surface area contributed by atoms with Gasteiger partial charge in [0.25, 0.3) is 11.8 Å². The Morgan fingerprint density at radius 3 is 2.32 bits per heavy atom. The van der Waals surface area contributed by atoms with Gasteiger partial charge >= 0.3 is 5.97 Å². The van der Waals surface area contributed by atoms with Crippen LogP contribution in [0.4, 0.5) is 5.69 Å². The van der Waals surface area contributed by atoms with Crippen LogP contribution < -0.4 is 4.90 Å². The first-order valence-corrected chi connectivity index (χ1v) is 13.6. The highest BCUT2D eigenvalue weighted by atomic mass is 32.2. The predicted molar refractivity (Wildman–Crippen MR) is 141 cm³/mol. The molecule has 8 heteroatoms. The zero-order chi connectivity index (χ0) is 24.5. The van der Waals surface area contributed by atoms with Gasteiger partial charge in [-0.25, -0.2) is 0 Å². The molecule has 1 aromatic carbocycles. The highest BCUT2D eigenvalue weighted by Crippen LogP contribution is 2.44. The first-order chi connectivity index (χ1) is 16.5. The number of unbranched alkanes of at least 4 members (excludes halogenated alkanes) is 6. The van der Waals surface area contributed by atoms with Crippen molar-refractivity contribution < 1.29 is 19.1 Å². The number of carbonyl (C=O) groups is 3. The van der Waals surface area contributed by atoms with Crippen LogP contribution in [0.2, 0.25) is 0 Å². The number of carbonyl (C=O) groups excluding carboxylic acids is 3. The molecule has 0 radical (unpaired) electrons. The number of hydrogen-bond acceptors (Lipinski definition) is 6. The highest BCUT2D eigenvalue weighted by Gasteiger charge is 2.41. The van der Waals surface area contributed by atoms with Crippen LogP contribution in [-0.4, -0.2) is 46.7 Å². The largest absolute Gasteiger partial charge is 0.466 e. The van der Waals surface area contributed by atoms with Crippen molar-refractivity contribution in [1.29, 1.82) is 0 Å². The van der Waals surface area contributed by atoms with Crippen molar-refractivity contribution >= 4 is 57.3 Å². The standard InChI is InChI=1S/C26H34N2O4S2/c1-3-5-6-7-12-17-27-20-15-11-10-14-19(20)22(24(27)30)23-25(31)28(26(33)34-23)18-13-8-9-16-21(29)32-4-2/h10-11,14-15H,3-9,12-13,16-18H2,1-2H3/b23-22-. The van der Waals surface area contributed by atoms with E-state index in [1.54, 1.807) is 11.8 Å². The van der Waals surface area contributed by atoms with Gasteiger partial charge in [0.05, 0.1) is 22.8 Å². The summed E-state index contributed by atoms with van der Waals surface area (Å²) in [5.74, 6) is -0.485. The minimum atomic E-state index is -0.191. The second-order valence-electron chi connectivity index (χ2n) is 8.53. The molecule has 0 bridgehead atoms. The van der Waals surface area contributed by atoms with Gasteiger partial charge in [0, 0.05) is 25.1 Å². The Hall–Kier alpha value is -2.19. The summed E-state index contributed by atoms with van der Waals surface area (Å²) in [5, 5.41) is 0. The zero-order valence-electron chi connectivity index (χ0n) is 20.1. The third-order valence-electron chi connectivity index (χ3n) is 6.05. The van der Waals surface area contributed by atoms with E-state index in [0.29, 0.717) is 47.3 Å². The van der Waals surface area contributed by atoms with E-state index in [-0.39, 0.29) is 17.8 Å². The molecule has 0 N–H and O–H groups in total. The van der Waals surface area contributed by atoms with Gasteiger partial charge in [0.15, 0.2) is 0 Å². The maximum absolute atomic E-state index is 13.4. The summed E-state index contributed by atoms with van der Waals surface area (Å²) in [6.07, 6.45) is 8.24. The Balaban J connectivity index is 1.66. The average Bonchev–Trinajstić information content (AvgIpc) is 3.25. The molecular formula is C26H34N2O4S2. The van der Waals surface area contributed by atoms with Crippen molar-refractivity contribution in [2.45, 2.75) is 71.6 Å². The fourth-order valence-electron chi connectivity index (χ4n) is 4.29. The number of fused-ring (bicyclic) bond motifs is 1. The lowest BCUT2D eigenvalue weighted by Gasteiger charge is -2.17. The molecule has 6 nitrogen and oxygen atoms in total. The van der Waals surface area contributed by atoms with Crippen LogP contribution in [0.1, 0.15) is 77.2 Å². The van der Waals surface area contributed by atoms with E-state index < -0.39 is 0 Å². The molecule has 0 unspecified atom stereocenters. The summed E-state index contributed by atoms with van der Waals surface area (Å²) in [4.78, 5) is 42.0. The molecule has 2 amide bonds. The molecule has 1 aromatic rings. The molecule has 184 valence electrons. The van der Waals surface area contributed by atoms with E-state index in [9.17, 15) is 14.4 Å². The van der Waals surface area contributed by atoms with Gasteiger partial charge in [-0.05, 0) is 32.3 Å². The van der Waals surface area contributed by atoms with Gasteiger partial charge in [0.2, 0.25) is 0 Å². The van der Waals surface area contributed by atoms with Crippen molar-refractivity contribution in [3.05, 3.63) is 34.7 Å². The van der Waals surface area contributed by atoms with Crippen LogP contribution in [0.15, 0.2) is 29.2 Å². The lowest BCUT2D eigenvalue weighted by Crippen LogP contribution is -2.30. The second-order valence-corrected chi connectivity index (χ2v) is 10.2. The van der Waals surface area contributed by atoms with E-state index in [4.69, 9.17) is 17.0 Å². The van der Waals surface area contributed by atoms with E-state index in [2.05, 4.69) is 6.92 Å². The third kappa shape index (κ3) is 6.27. The van der Waals surface area contributed by atoms with Crippen LogP contribution in [0.25, 0.3) is 5.57 Å². The van der Waals surface area contributed by atoms with Crippen molar-refractivity contribution in [3.8, 4) is 0 Å². The fraction of sp³-hybridized carbons (Fsp3) is 0.538. The normalized spacial score (nSPS) is 17.6. The van der Waals surface area contributed by atoms with Gasteiger partial charge in [-0.15, -0.1) is 0 Å². The first-order valence-electron chi connectivity index (χ1n) is 12.3. The lowest BCUT2D eigenvalue weighted by atomic mass is 10.1. The van der Waals surface area contributed by atoms with Crippen molar-refractivity contribution in [3.63, 3.8) is 0 Å². The maximum atomic E-state index is 13.4. The van der Waals surface area contributed by atoms with Gasteiger partial charge in [-0.2, -0.15) is 0 Å². The molecule has 2 heterocycles. The van der Waals surface area contributed by atoms with Gasteiger partial charge in [0.1, 0.15) is 4.32 Å². The maximum Gasteiger partial charge on any atom is 0.305 e. The first kappa shape index (κ1) is 26.4. The Morgan fingerprint density at radius 1 is 0.912 bits per heavy atom. The highest BCUT2D eigenvalue weighted by molar-refractivity contribution is 8.26. The average molecular weight is 503 g/mol. The molecule has 2 aliphatic rings.